The zero-order chi connectivity index (χ0) is 12.9. The van der Waals surface area contributed by atoms with Gasteiger partial charge < -0.3 is 11.5 Å². The predicted molar refractivity (Wildman–Crippen MR) is 50.0 cm³/mol. The van der Waals surface area contributed by atoms with E-state index in [1.165, 1.54) is 0 Å². The van der Waals surface area contributed by atoms with Gasteiger partial charge in [-0.15, -0.1) is 0 Å². The minimum absolute atomic E-state index is 0.819. The van der Waals surface area contributed by atoms with Crippen LogP contribution >= 0.6 is 0 Å². The van der Waals surface area contributed by atoms with E-state index in [-0.39, 0.29) is 0 Å². The quantitative estimate of drug-likeness (QED) is 0.343. The number of rotatable bonds is 1. The van der Waals surface area contributed by atoms with Gasteiger partial charge in [-0.3, -0.25) is 0 Å². The number of hydrogen-bond donors (Lipinski definition) is 2. The first-order valence-corrected chi connectivity index (χ1v) is 4.35. The Morgan fingerprint density at radius 2 is 1.06 bits per heavy atom. The summed E-state index contributed by atoms with van der Waals surface area (Å²) in [5.41, 5.74) is 8.21. The molecule has 16 heavy (non-hydrogen) atoms. The molecule has 0 aliphatic carbocycles. The van der Waals surface area contributed by atoms with Crippen molar-refractivity contribution in [3.05, 3.63) is 29.1 Å². The van der Waals surface area contributed by atoms with Gasteiger partial charge in [0.1, 0.15) is 5.69 Å². The van der Waals surface area contributed by atoms with Crippen LogP contribution in [0.15, 0.2) is 0 Å². The number of hydrogen-bond acceptors (Lipinski definition) is 2. The van der Waals surface area contributed by atoms with Crippen LogP contribution in [-0.2, 0) is 0 Å². The predicted octanol–water partition coefficient (Wildman–Crippen LogP) is 2.32. The molecule has 0 atom stereocenters. The van der Waals surface area contributed by atoms with Crippen LogP contribution < -0.4 is 11.5 Å². The number of nitrogen functional groups attached to an aromatic ring is 1. The second-order valence-electron chi connectivity index (χ2n) is 2.77. The SMILES string of the molecule is CCCN.Nc1c(F)c(F)c(F)c(F)c1F. The topological polar surface area (TPSA) is 52.0 Å². The van der Waals surface area contributed by atoms with Gasteiger partial charge in [0.2, 0.25) is 5.82 Å². The van der Waals surface area contributed by atoms with Crippen LogP contribution in [0.3, 0.4) is 0 Å². The average Bonchev–Trinajstić information content (AvgIpc) is 2.31. The molecular formula is C9H11F5N2. The Labute approximate surface area is 89.0 Å². The molecule has 7 heteroatoms. The minimum Gasteiger partial charge on any atom is -0.394 e. The van der Waals surface area contributed by atoms with Crippen LogP contribution in [0.5, 0.6) is 0 Å². The third kappa shape index (κ3) is 3.06. The van der Waals surface area contributed by atoms with Crippen molar-refractivity contribution in [2.45, 2.75) is 13.3 Å². The highest BCUT2D eigenvalue weighted by Crippen LogP contribution is 2.23. The fourth-order valence-corrected chi connectivity index (χ4v) is 0.622. The van der Waals surface area contributed by atoms with Crippen molar-refractivity contribution in [3.63, 3.8) is 0 Å². The van der Waals surface area contributed by atoms with Crippen LogP contribution in [0, 0.1) is 29.1 Å². The van der Waals surface area contributed by atoms with Crippen molar-refractivity contribution >= 4 is 5.69 Å². The molecule has 0 saturated carbocycles. The maximum absolute atomic E-state index is 12.3. The van der Waals surface area contributed by atoms with Crippen molar-refractivity contribution in [3.8, 4) is 0 Å². The summed E-state index contributed by atoms with van der Waals surface area (Å²) >= 11 is 0. The van der Waals surface area contributed by atoms with Gasteiger partial charge in [0.15, 0.2) is 23.3 Å². The summed E-state index contributed by atoms with van der Waals surface area (Å²) in [5.74, 6) is -10.3. The summed E-state index contributed by atoms with van der Waals surface area (Å²) in [6.07, 6.45) is 1.10. The summed E-state index contributed by atoms with van der Waals surface area (Å²) in [6, 6.07) is 0. The Balaban J connectivity index is 0.000000487. The molecule has 0 unspecified atom stereocenters. The first-order chi connectivity index (χ1) is 7.38. The lowest BCUT2D eigenvalue weighted by Gasteiger charge is -2.02. The van der Waals surface area contributed by atoms with Gasteiger partial charge in [0.05, 0.1) is 0 Å². The Bertz CT molecular complexity index is 260. The van der Waals surface area contributed by atoms with E-state index >= 15 is 0 Å². The van der Waals surface area contributed by atoms with E-state index in [2.05, 4.69) is 12.7 Å². The molecule has 1 aromatic carbocycles. The van der Waals surface area contributed by atoms with E-state index in [1.807, 2.05) is 0 Å². The van der Waals surface area contributed by atoms with Crippen molar-refractivity contribution in [1.29, 1.82) is 0 Å². The van der Waals surface area contributed by atoms with Crippen molar-refractivity contribution in [1.82, 2.24) is 0 Å². The monoisotopic (exact) mass is 242 g/mol. The summed E-state index contributed by atoms with van der Waals surface area (Å²) < 4.78 is 61.1. The molecule has 0 aliphatic heterocycles. The van der Waals surface area contributed by atoms with Gasteiger partial charge in [-0.05, 0) is 13.0 Å². The van der Waals surface area contributed by atoms with Crippen molar-refractivity contribution < 1.29 is 22.0 Å². The van der Waals surface area contributed by atoms with Gasteiger partial charge in [-0.2, -0.15) is 0 Å². The molecule has 4 N–H and O–H groups in total. The first kappa shape index (κ1) is 14.6. The lowest BCUT2D eigenvalue weighted by Crippen LogP contribution is -2.05. The second kappa shape index (κ2) is 6.26. The van der Waals surface area contributed by atoms with Crippen LogP contribution in [-0.4, -0.2) is 6.54 Å². The van der Waals surface area contributed by atoms with Gasteiger partial charge in [-0.1, -0.05) is 6.92 Å². The van der Waals surface area contributed by atoms with Crippen molar-refractivity contribution in [2.24, 2.45) is 5.73 Å². The molecule has 0 saturated heterocycles. The normalized spacial score (nSPS) is 9.69. The van der Waals surface area contributed by atoms with Crippen molar-refractivity contribution in [2.75, 3.05) is 12.3 Å². The minimum atomic E-state index is -2.21. The summed E-state index contributed by atoms with van der Waals surface area (Å²) in [5, 5.41) is 0. The molecular weight excluding hydrogens is 231 g/mol. The fraction of sp³-hybridized carbons (Fsp3) is 0.333. The Morgan fingerprint density at radius 1 is 0.812 bits per heavy atom. The van der Waals surface area contributed by atoms with Gasteiger partial charge in [-0.25, -0.2) is 22.0 Å². The largest absolute Gasteiger partial charge is 0.394 e. The van der Waals surface area contributed by atoms with E-state index in [1.54, 1.807) is 0 Å². The number of halogens is 5. The maximum atomic E-state index is 12.3. The third-order valence-electron chi connectivity index (χ3n) is 1.53. The molecule has 1 aromatic rings. The molecule has 0 aromatic heterocycles. The van der Waals surface area contributed by atoms with E-state index in [0.29, 0.717) is 0 Å². The molecule has 0 bridgehead atoms. The smallest absolute Gasteiger partial charge is 0.200 e. The zero-order valence-corrected chi connectivity index (χ0v) is 8.46. The molecule has 0 fully saturated rings. The van der Waals surface area contributed by atoms with Gasteiger partial charge >= 0.3 is 0 Å². The Kier molecular flexibility index (Phi) is 5.73. The fourth-order valence-electron chi connectivity index (χ4n) is 0.622. The Hall–Kier alpha value is -1.37. The highest BCUT2D eigenvalue weighted by molar-refractivity contribution is 5.42. The van der Waals surface area contributed by atoms with Crippen LogP contribution in [0.4, 0.5) is 27.6 Å². The first-order valence-electron chi connectivity index (χ1n) is 4.35. The Morgan fingerprint density at radius 3 is 1.31 bits per heavy atom. The van der Waals surface area contributed by atoms with E-state index < -0.39 is 34.8 Å². The summed E-state index contributed by atoms with van der Waals surface area (Å²) in [7, 11) is 0. The van der Waals surface area contributed by atoms with E-state index in [4.69, 9.17) is 5.73 Å². The number of nitrogens with two attached hydrogens (primary N) is 2. The maximum Gasteiger partial charge on any atom is 0.200 e. The second-order valence-corrected chi connectivity index (χ2v) is 2.77. The molecule has 0 aliphatic rings. The van der Waals surface area contributed by atoms with Gasteiger partial charge in [0.25, 0.3) is 0 Å². The lowest BCUT2D eigenvalue weighted by atomic mass is 10.2. The number of anilines is 1. The molecule has 0 amide bonds. The molecule has 0 spiro atoms. The third-order valence-corrected chi connectivity index (χ3v) is 1.53. The summed E-state index contributed by atoms with van der Waals surface area (Å²) in [4.78, 5) is 0. The van der Waals surface area contributed by atoms with E-state index in [0.717, 1.165) is 13.0 Å². The number of benzene rings is 1. The molecule has 92 valence electrons. The van der Waals surface area contributed by atoms with Gasteiger partial charge in [0, 0.05) is 0 Å². The molecule has 1 rings (SSSR count). The highest BCUT2D eigenvalue weighted by atomic mass is 19.2. The van der Waals surface area contributed by atoms with Crippen LogP contribution in [0.2, 0.25) is 0 Å². The average molecular weight is 242 g/mol. The van der Waals surface area contributed by atoms with E-state index in [9.17, 15) is 22.0 Å². The van der Waals surface area contributed by atoms with Crippen LogP contribution in [0.25, 0.3) is 0 Å². The highest BCUT2D eigenvalue weighted by Gasteiger charge is 2.23. The lowest BCUT2D eigenvalue weighted by molar-refractivity contribution is 0.382. The molecule has 2 nitrogen and oxygen atoms in total. The van der Waals surface area contributed by atoms with Crippen LogP contribution in [0.1, 0.15) is 13.3 Å². The molecule has 0 heterocycles. The standard InChI is InChI=1S/C6H2F5N.C3H9N/c7-1-2(8)4(10)6(12)5(11)3(1)9;1-2-3-4/h12H2;2-4H2,1H3. The summed E-state index contributed by atoms with van der Waals surface area (Å²) in [6.45, 7) is 2.88. The molecule has 0 radical (unpaired) electrons. The zero-order valence-electron chi connectivity index (χ0n) is 8.46.